The summed E-state index contributed by atoms with van der Waals surface area (Å²) in [5.74, 6) is -0.364. The molecule has 0 radical (unpaired) electrons. The van der Waals surface area contributed by atoms with Gasteiger partial charge in [0.1, 0.15) is 5.82 Å². The molecule has 2 aromatic carbocycles. The number of hydrogen-bond acceptors (Lipinski definition) is 3. The summed E-state index contributed by atoms with van der Waals surface area (Å²) >= 11 is 1.34. The highest BCUT2D eigenvalue weighted by Gasteiger charge is 2.32. The van der Waals surface area contributed by atoms with Gasteiger partial charge in [-0.1, -0.05) is 29.8 Å². The van der Waals surface area contributed by atoms with E-state index >= 15 is 0 Å². The second-order valence-corrected chi connectivity index (χ2v) is 6.45. The highest BCUT2D eigenvalue weighted by atomic mass is 32.2. The third-order valence-electron chi connectivity index (χ3n) is 3.63. The molecule has 0 bridgehead atoms. The van der Waals surface area contributed by atoms with Gasteiger partial charge in [0.2, 0.25) is 0 Å². The Balaban J connectivity index is 1.91. The molecular formula is C19H17FN2OS. The molecule has 1 fully saturated rings. The van der Waals surface area contributed by atoms with Crippen LogP contribution >= 0.6 is 11.8 Å². The summed E-state index contributed by atoms with van der Waals surface area (Å²) in [5.41, 5.74) is 2.77. The minimum Gasteiger partial charge on any atom is -0.287 e. The Morgan fingerprint density at radius 1 is 1.12 bits per heavy atom. The first-order valence-corrected chi connectivity index (χ1v) is 8.51. The van der Waals surface area contributed by atoms with E-state index in [1.165, 1.54) is 29.5 Å². The minimum atomic E-state index is -0.292. The molecule has 0 aliphatic carbocycles. The van der Waals surface area contributed by atoms with Gasteiger partial charge in [0.15, 0.2) is 5.17 Å². The van der Waals surface area contributed by atoms with E-state index in [1.807, 2.05) is 38.1 Å². The molecule has 0 N–H and O–H groups in total. The van der Waals surface area contributed by atoms with Gasteiger partial charge in [-0.15, -0.1) is 0 Å². The Morgan fingerprint density at radius 2 is 1.79 bits per heavy atom. The number of benzene rings is 2. The monoisotopic (exact) mass is 340 g/mol. The van der Waals surface area contributed by atoms with E-state index in [2.05, 4.69) is 4.99 Å². The lowest BCUT2D eigenvalue weighted by atomic mass is 10.2. The van der Waals surface area contributed by atoms with E-state index in [1.54, 1.807) is 23.1 Å². The molecule has 2 aromatic rings. The number of aryl methyl sites for hydroxylation is 1. The number of carbonyl (C=O) groups excluding carboxylic acids is 1. The van der Waals surface area contributed by atoms with Gasteiger partial charge in [-0.05, 0) is 61.5 Å². The largest absolute Gasteiger partial charge is 0.287 e. The topological polar surface area (TPSA) is 32.7 Å². The Hall–Kier alpha value is -2.40. The molecule has 24 heavy (non-hydrogen) atoms. The zero-order valence-electron chi connectivity index (χ0n) is 13.5. The predicted molar refractivity (Wildman–Crippen MR) is 97.6 cm³/mol. The van der Waals surface area contributed by atoms with Crippen LogP contribution in [0.1, 0.15) is 18.1 Å². The molecular weight excluding hydrogens is 323 g/mol. The maximum Gasteiger partial charge on any atom is 0.266 e. The maximum absolute atomic E-state index is 13.0. The first-order chi connectivity index (χ1) is 11.6. The van der Waals surface area contributed by atoms with Gasteiger partial charge in [0, 0.05) is 6.54 Å². The Labute approximate surface area is 144 Å². The predicted octanol–water partition coefficient (Wildman–Crippen LogP) is 4.76. The molecule has 0 atom stereocenters. The van der Waals surface area contributed by atoms with Crippen LogP contribution in [0.3, 0.4) is 0 Å². The SMILES string of the molecule is CCN1C(=O)/C(=C\c2ccc(F)cc2)SC1=Nc1ccc(C)cc1. The molecule has 3 nitrogen and oxygen atoms in total. The van der Waals surface area contributed by atoms with Gasteiger partial charge in [0.05, 0.1) is 10.6 Å². The van der Waals surface area contributed by atoms with E-state index in [0.29, 0.717) is 16.6 Å². The summed E-state index contributed by atoms with van der Waals surface area (Å²) in [4.78, 5) is 19.4. The van der Waals surface area contributed by atoms with E-state index in [9.17, 15) is 9.18 Å². The van der Waals surface area contributed by atoms with Crippen molar-refractivity contribution in [3.63, 3.8) is 0 Å². The van der Waals surface area contributed by atoms with Crippen molar-refractivity contribution in [3.05, 3.63) is 70.4 Å². The quantitative estimate of drug-likeness (QED) is 0.755. The maximum atomic E-state index is 13.0. The molecule has 0 unspecified atom stereocenters. The number of amidine groups is 1. The van der Waals surface area contributed by atoms with Crippen LogP contribution in [0.2, 0.25) is 0 Å². The minimum absolute atomic E-state index is 0.0716. The molecule has 3 rings (SSSR count). The van der Waals surface area contributed by atoms with E-state index in [-0.39, 0.29) is 11.7 Å². The first kappa shape index (κ1) is 16.5. The summed E-state index contributed by atoms with van der Waals surface area (Å²) in [6.45, 7) is 4.49. The van der Waals surface area contributed by atoms with E-state index < -0.39 is 0 Å². The van der Waals surface area contributed by atoms with Crippen LogP contribution in [0, 0.1) is 12.7 Å². The third-order valence-corrected chi connectivity index (χ3v) is 4.64. The van der Waals surface area contributed by atoms with Gasteiger partial charge >= 0.3 is 0 Å². The summed E-state index contributed by atoms with van der Waals surface area (Å²) < 4.78 is 13.0. The van der Waals surface area contributed by atoms with Crippen molar-refractivity contribution < 1.29 is 9.18 Å². The van der Waals surface area contributed by atoms with Gasteiger partial charge < -0.3 is 0 Å². The Kier molecular flexibility index (Phi) is 4.81. The van der Waals surface area contributed by atoms with E-state index in [4.69, 9.17) is 0 Å². The number of aliphatic imine (C=N–C) groups is 1. The standard InChI is InChI=1S/C19H17FN2OS/c1-3-22-18(23)17(12-14-6-8-15(20)9-7-14)24-19(22)21-16-10-4-13(2)5-11-16/h4-12H,3H2,1-2H3/b17-12+,21-19?. The number of halogens is 1. The number of likely N-dealkylation sites (N-methyl/N-ethyl adjacent to an activating group) is 1. The zero-order chi connectivity index (χ0) is 17.1. The average molecular weight is 340 g/mol. The molecule has 0 spiro atoms. The molecule has 5 heteroatoms. The van der Waals surface area contributed by atoms with Crippen molar-refractivity contribution >= 4 is 34.6 Å². The van der Waals surface area contributed by atoms with Crippen molar-refractivity contribution in [2.75, 3.05) is 6.54 Å². The first-order valence-electron chi connectivity index (χ1n) is 7.69. The summed E-state index contributed by atoms with van der Waals surface area (Å²) in [7, 11) is 0. The van der Waals surface area contributed by atoms with Crippen LogP contribution in [-0.4, -0.2) is 22.5 Å². The second kappa shape index (κ2) is 7.01. The lowest BCUT2D eigenvalue weighted by Crippen LogP contribution is -2.28. The van der Waals surface area contributed by atoms with Crippen LogP contribution < -0.4 is 0 Å². The highest BCUT2D eigenvalue weighted by molar-refractivity contribution is 8.18. The molecule has 1 saturated heterocycles. The molecule has 122 valence electrons. The fourth-order valence-corrected chi connectivity index (χ4v) is 3.37. The van der Waals surface area contributed by atoms with Crippen LogP contribution in [0.25, 0.3) is 6.08 Å². The van der Waals surface area contributed by atoms with Gasteiger partial charge in [-0.2, -0.15) is 0 Å². The normalized spacial score (nSPS) is 18.0. The smallest absolute Gasteiger partial charge is 0.266 e. The number of nitrogens with zero attached hydrogens (tertiary/aromatic N) is 2. The number of thioether (sulfide) groups is 1. The van der Waals surface area contributed by atoms with Crippen molar-refractivity contribution in [2.45, 2.75) is 13.8 Å². The van der Waals surface area contributed by atoms with Crippen molar-refractivity contribution in [3.8, 4) is 0 Å². The van der Waals surface area contributed by atoms with Gasteiger partial charge in [0.25, 0.3) is 5.91 Å². The van der Waals surface area contributed by atoms with E-state index in [0.717, 1.165) is 11.3 Å². The number of amides is 1. The summed E-state index contributed by atoms with van der Waals surface area (Å²) in [6, 6.07) is 13.9. The third kappa shape index (κ3) is 3.57. The fraction of sp³-hybridized carbons (Fsp3) is 0.158. The van der Waals surface area contributed by atoms with Crippen LogP contribution in [-0.2, 0) is 4.79 Å². The molecule has 1 heterocycles. The van der Waals surface area contributed by atoms with Crippen LogP contribution in [0.5, 0.6) is 0 Å². The number of carbonyl (C=O) groups is 1. The summed E-state index contributed by atoms with van der Waals surface area (Å²) in [5, 5.41) is 0.666. The van der Waals surface area contributed by atoms with Crippen molar-refractivity contribution in [1.82, 2.24) is 4.90 Å². The zero-order valence-corrected chi connectivity index (χ0v) is 14.3. The van der Waals surface area contributed by atoms with Crippen LogP contribution in [0.4, 0.5) is 10.1 Å². The lowest BCUT2D eigenvalue weighted by molar-refractivity contribution is -0.122. The molecule has 1 aliphatic heterocycles. The molecule has 0 aromatic heterocycles. The fourth-order valence-electron chi connectivity index (χ4n) is 2.31. The summed E-state index contributed by atoms with van der Waals surface area (Å²) in [6.07, 6.45) is 1.77. The van der Waals surface area contributed by atoms with Crippen molar-refractivity contribution in [2.24, 2.45) is 4.99 Å². The van der Waals surface area contributed by atoms with Gasteiger partial charge in [-0.25, -0.2) is 9.38 Å². The Morgan fingerprint density at radius 3 is 2.42 bits per heavy atom. The Bertz CT molecular complexity index is 810. The van der Waals surface area contributed by atoms with Crippen LogP contribution in [0.15, 0.2) is 58.4 Å². The molecule has 1 aliphatic rings. The lowest BCUT2D eigenvalue weighted by Gasteiger charge is -2.12. The average Bonchev–Trinajstić information content (AvgIpc) is 2.86. The second-order valence-electron chi connectivity index (χ2n) is 5.44. The molecule has 1 amide bonds. The van der Waals surface area contributed by atoms with Crippen molar-refractivity contribution in [1.29, 1.82) is 0 Å². The van der Waals surface area contributed by atoms with Gasteiger partial charge in [-0.3, -0.25) is 9.69 Å². The number of rotatable bonds is 3. The number of hydrogen-bond donors (Lipinski definition) is 0. The molecule has 0 saturated carbocycles. The highest BCUT2D eigenvalue weighted by Crippen LogP contribution is 2.34.